The highest BCUT2D eigenvalue weighted by Gasteiger charge is 2.05. The molecule has 0 aromatic heterocycles. The summed E-state index contributed by atoms with van der Waals surface area (Å²) < 4.78 is 0. The zero-order chi connectivity index (χ0) is 10.3. The topological polar surface area (TPSA) is 37.3 Å². The van der Waals surface area contributed by atoms with Gasteiger partial charge in [-0.05, 0) is 24.7 Å². The largest absolute Gasteiger partial charge is 0.478 e. The van der Waals surface area contributed by atoms with Crippen molar-refractivity contribution in [3.63, 3.8) is 0 Å². The van der Waals surface area contributed by atoms with Crippen molar-refractivity contribution in [1.29, 1.82) is 0 Å². The monoisotopic (exact) mass is 184 g/mol. The minimum Gasteiger partial charge on any atom is -0.478 e. The van der Waals surface area contributed by atoms with Crippen LogP contribution in [-0.4, -0.2) is 11.1 Å². The SMILES string of the molecule is CC(C)C(C)CCCC=CC(=O)O. The predicted molar refractivity (Wildman–Crippen MR) is 54.6 cm³/mol. The fourth-order valence-corrected chi connectivity index (χ4v) is 1.08. The molecule has 0 bridgehead atoms. The van der Waals surface area contributed by atoms with Crippen LogP contribution in [0.5, 0.6) is 0 Å². The number of hydrogen-bond acceptors (Lipinski definition) is 1. The maximum atomic E-state index is 10.1. The van der Waals surface area contributed by atoms with E-state index in [1.807, 2.05) is 0 Å². The molecule has 1 unspecified atom stereocenters. The molecule has 0 aromatic carbocycles. The molecule has 76 valence electrons. The van der Waals surface area contributed by atoms with Crippen LogP contribution in [0, 0.1) is 11.8 Å². The average molecular weight is 184 g/mol. The molecule has 1 atom stereocenters. The van der Waals surface area contributed by atoms with Gasteiger partial charge in [-0.2, -0.15) is 0 Å². The fourth-order valence-electron chi connectivity index (χ4n) is 1.08. The Morgan fingerprint density at radius 3 is 2.46 bits per heavy atom. The predicted octanol–water partition coefficient (Wildman–Crippen LogP) is 3.09. The molecule has 0 rings (SSSR count). The van der Waals surface area contributed by atoms with E-state index < -0.39 is 5.97 Å². The number of rotatable bonds is 6. The highest BCUT2D eigenvalue weighted by atomic mass is 16.4. The summed E-state index contributed by atoms with van der Waals surface area (Å²) in [6.45, 7) is 6.68. The lowest BCUT2D eigenvalue weighted by atomic mass is 9.93. The second kappa shape index (κ2) is 6.70. The number of unbranched alkanes of at least 4 members (excludes halogenated alkanes) is 1. The first-order valence-electron chi connectivity index (χ1n) is 4.93. The van der Waals surface area contributed by atoms with Crippen LogP contribution >= 0.6 is 0 Å². The second-order valence-electron chi connectivity index (χ2n) is 3.89. The van der Waals surface area contributed by atoms with Crippen molar-refractivity contribution in [3.8, 4) is 0 Å². The van der Waals surface area contributed by atoms with Crippen LogP contribution in [0.25, 0.3) is 0 Å². The van der Waals surface area contributed by atoms with Crippen molar-refractivity contribution in [3.05, 3.63) is 12.2 Å². The first-order chi connectivity index (χ1) is 6.04. The normalized spacial score (nSPS) is 13.8. The molecular formula is C11H20O2. The first-order valence-corrected chi connectivity index (χ1v) is 4.93. The summed E-state index contributed by atoms with van der Waals surface area (Å²) in [7, 11) is 0. The molecule has 0 heterocycles. The van der Waals surface area contributed by atoms with E-state index in [9.17, 15) is 4.79 Å². The van der Waals surface area contributed by atoms with Gasteiger partial charge in [0, 0.05) is 6.08 Å². The molecule has 0 radical (unpaired) electrons. The molecular weight excluding hydrogens is 164 g/mol. The minimum atomic E-state index is -0.850. The maximum Gasteiger partial charge on any atom is 0.327 e. The third kappa shape index (κ3) is 7.57. The first kappa shape index (κ1) is 12.2. The van der Waals surface area contributed by atoms with E-state index in [-0.39, 0.29) is 0 Å². The van der Waals surface area contributed by atoms with Gasteiger partial charge in [0.1, 0.15) is 0 Å². The Kier molecular flexibility index (Phi) is 6.29. The Morgan fingerprint density at radius 2 is 2.00 bits per heavy atom. The molecule has 1 N–H and O–H groups in total. The molecule has 2 heteroatoms. The lowest BCUT2D eigenvalue weighted by molar-refractivity contribution is -0.131. The summed E-state index contributed by atoms with van der Waals surface area (Å²) in [5.41, 5.74) is 0. The molecule has 0 aliphatic carbocycles. The van der Waals surface area contributed by atoms with Gasteiger partial charge in [-0.3, -0.25) is 0 Å². The van der Waals surface area contributed by atoms with Crippen molar-refractivity contribution in [2.24, 2.45) is 11.8 Å². The van der Waals surface area contributed by atoms with E-state index in [0.29, 0.717) is 0 Å². The summed E-state index contributed by atoms with van der Waals surface area (Å²) in [5.74, 6) is 0.610. The van der Waals surface area contributed by atoms with Gasteiger partial charge in [-0.15, -0.1) is 0 Å². The van der Waals surface area contributed by atoms with Crippen LogP contribution in [0.15, 0.2) is 12.2 Å². The summed E-state index contributed by atoms with van der Waals surface area (Å²) in [6.07, 6.45) is 6.10. The Balaban J connectivity index is 3.40. The van der Waals surface area contributed by atoms with Gasteiger partial charge in [0.25, 0.3) is 0 Å². The van der Waals surface area contributed by atoms with Gasteiger partial charge in [-0.1, -0.05) is 33.3 Å². The average Bonchev–Trinajstić information content (AvgIpc) is 2.02. The zero-order valence-electron chi connectivity index (χ0n) is 8.79. The number of hydrogen-bond donors (Lipinski definition) is 1. The van der Waals surface area contributed by atoms with Crippen molar-refractivity contribution in [2.75, 3.05) is 0 Å². The molecule has 0 saturated carbocycles. The smallest absolute Gasteiger partial charge is 0.327 e. The Morgan fingerprint density at radius 1 is 1.38 bits per heavy atom. The van der Waals surface area contributed by atoms with Crippen LogP contribution in [0.2, 0.25) is 0 Å². The van der Waals surface area contributed by atoms with Gasteiger partial charge < -0.3 is 5.11 Å². The van der Waals surface area contributed by atoms with Gasteiger partial charge in [0.15, 0.2) is 0 Å². The third-order valence-electron chi connectivity index (χ3n) is 2.43. The highest BCUT2D eigenvalue weighted by molar-refractivity contribution is 5.79. The lowest BCUT2D eigenvalue weighted by Crippen LogP contribution is -2.02. The van der Waals surface area contributed by atoms with E-state index in [0.717, 1.165) is 24.7 Å². The fraction of sp³-hybridized carbons (Fsp3) is 0.727. The molecule has 0 fully saturated rings. The summed E-state index contributed by atoms with van der Waals surface area (Å²) in [4.78, 5) is 10.1. The number of allylic oxidation sites excluding steroid dienone is 1. The quantitative estimate of drug-likeness (QED) is 0.508. The highest BCUT2D eigenvalue weighted by Crippen LogP contribution is 2.16. The van der Waals surface area contributed by atoms with E-state index in [4.69, 9.17) is 5.11 Å². The second-order valence-corrected chi connectivity index (χ2v) is 3.89. The molecule has 0 saturated heterocycles. The number of carboxylic acids is 1. The number of carbonyl (C=O) groups is 1. The van der Waals surface area contributed by atoms with E-state index in [2.05, 4.69) is 20.8 Å². The standard InChI is InChI=1S/C11H20O2/c1-9(2)10(3)7-5-4-6-8-11(12)13/h6,8-10H,4-5,7H2,1-3H3,(H,12,13). The van der Waals surface area contributed by atoms with Crippen LogP contribution in [0.4, 0.5) is 0 Å². The molecule has 0 aliphatic heterocycles. The maximum absolute atomic E-state index is 10.1. The van der Waals surface area contributed by atoms with Crippen molar-refractivity contribution in [2.45, 2.75) is 40.0 Å². The molecule has 0 spiro atoms. The lowest BCUT2D eigenvalue weighted by Gasteiger charge is -2.13. The van der Waals surface area contributed by atoms with E-state index in [1.54, 1.807) is 6.08 Å². The summed E-state index contributed by atoms with van der Waals surface area (Å²) >= 11 is 0. The van der Waals surface area contributed by atoms with Crippen molar-refractivity contribution >= 4 is 5.97 Å². The molecule has 0 amide bonds. The van der Waals surface area contributed by atoms with E-state index in [1.165, 1.54) is 12.5 Å². The van der Waals surface area contributed by atoms with Crippen molar-refractivity contribution < 1.29 is 9.90 Å². The van der Waals surface area contributed by atoms with Gasteiger partial charge in [0.2, 0.25) is 0 Å². The summed E-state index contributed by atoms with van der Waals surface area (Å²) in [5, 5.41) is 8.32. The molecule has 2 nitrogen and oxygen atoms in total. The van der Waals surface area contributed by atoms with Crippen LogP contribution in [0.3, 0.4) is 0 Å². The Hall–Kier alpha value is -0.790. The zero-order valence-corrected chi connectivity index (χ0v) is 8.79. The van der Waals surface area contributed by atoms with Gasteiger partial charge in [-0.25, -0.2) is 4.79 Å². The van der Waals surface area contributed by atoms with Crippen LogP contribution < -0.4 is 0 Å². The molecule has 13 heavy (non-hydrogen) atoms. The molecule has 0 aliphatic rings. The third-order valence-corrected chi connectivity index (χ3v) is 2.43. The summed E-state index contributed by atoms with van der Waals surface area (Å²) in [6, 6.07) is 0. The van der Waals surface area contributed by atoms with Crippen LogP contribution in [0.1, 0.15) is 40.0 Å². The van der Waals surface area contributed by atoms with Crippen molar-refractivity contribution in [1.82, 2.24) is 0 Å². The number of carboxylic acid groups (broad SMARTS) is 1. The van der Waals surface area contributed by atoms with Gasteiger partial charge in [0.05, 0.1) is 0 Å². The Bertz CT molecular complexity index is 171. The Labute approximate surface area is 80.7 Å². The number of aliphatic carboxylic acids is 1. The van der Waals surface area contributed by atoms with E-state index >= 15 is 0 Å². The molecule has 0 aromatic rings. The van der Waals surface area contributed by atoms with Gasteiger partial charge >= 0.3 is 5.97 Å². The van der Waals surface area contributed by atoms with Crippen LogP contribution in [-0.2, 0) is 4.79 Å². The minimum absolute atomic E-state index is 0.725.